The van der Waals surface area contributed by atoms with Gasteiger partial charge in [0.25, 0.3) is 5.91 Å². The van der Waals surface area contributed by atoms with E-state index < -0.39 is 5.60 Å². The molecule has 2 heterocycles. The van der Waals surface area contributed by atoms with Crippen LogP contribution in [0.2, 0.25) is 0 Å². The van der Waals surface area contributed by atoms with Crippen LogP contribution in [0.15, 0.2) is 42.5 Å². The van der Waals surface area contributed by atoms with Crippen LogP contribution in [0, 0.1) is 6.92 Å². The van der Waals surface area contributed by atoms with Gasteiger partial charge >= 0.3 is 0 Å². The Bertz CT molecular complexity index is 820. The zero-order valence-corrected chi connectivity index (χ0v) is 16.6. The van der Waals surface area contributed by atoms with Gasteiger partial charge in [0.1, 0.15) is 5.75 Å². The molecule has 150 valence electrons. The zero-order valence-electron chi connectivity index (χ0n) is 15.8. The van der Waals surface area contributed by atoms with E-state index in [0.29, 0.717) is 25.1 Å². The van der Waals surface area contributed by atoms with Crippen LogP contribution in [0.5, 0.6) is 17.2 Å². The van der Waals surface area contributed by atoms with Gasteiger partial charge in [0.2, 0.25) is 6.79 Å². The summed E-state index contributed by atoms with van der Waals surface area (Å²) in [4.78, 5) is 13.1. The Morgan fingerprint density at radius 3 is 2.57 bits per heavy atom. The van der Waals surface area contributed by atoms with Crippen molar-refractivity contribution in [2.75, 3.05) is 19.9 Å². The number of carbonyl (C=O) groups excluding carboxylic acids is 1. The van der Waals surface area contributed by atoms with Crippen LogP contribution in [0.25, 0.3) is 0 Å². The number of fused-ring (bicyclic) bond motifs is 1. The Kier molecular flexibility index (Phi) is 6.31. The minimum absolute atomic E-state index is 0. The Morgan fingerprint density at radius 1 is 1.11 bits per heavy atom. The zero-order chi connectivity index (χ0) is 18.7. The van der Waals surface area contributed by atoms with Crippen molar-refractivity contribution < 1.29 is 19.0 Å². The fraction of sp³-hybridized carbons (Fsp3) is 0.381. The fourth-order valence-electron chi connectivity index (χ4n) is 3.43. The Hall–Kier alpha value is -2.44. The molecule has 0 spiro atoms. The number of nitrogens with one attached hydrogen (secondary N) is 2. The number of halogens is 1. The van der Waals surface area contributed by atoms with E-state index in [4.69, 9.17) is 14.2 Å². The number of hydrogen-bond donors (Lipinski definition) is 2. The van der Waals surface area contributed by atoms with Crippen LogP contribution in [0.3, 0.4) is 0 Å². The van der Waals surface area contributed by atoms with Gasteiger partial charge in [-0.3, -0.25) is 4.79 Å². The van der Waals surface area contributed by atoms with Gasteiger partial charge in [-0.05, 0) is 49.8 Å². The maximum absolute atomic E-state index is 13.1. The second-order valence-electron chi connectivity index (χ2n) is 7.03. The molecule has 28 heavy (non-hydrogen) atoms. The quantitative estimate of drug-likeness (QED) is 0.801. The summed E-state index contributed by atoms with van der Waals surface area (Å²) >= 11 is 0. The van der Waals surface area contributed by atoms with E-state index in [1.807, 2.05) is 49.4 Å². The molecular weight excluding hydrogens is 380 g/mol. The van der Waals surface area contributed by atoms with E-state index in [2.05, 4.69) is 10.6 Å². The summed E-state index contributed by atoms with van der Waals surface area (Å²) in [5, 5.41) is 6.35. The Morgan fingerprint density at radius 2 is 1.82 bits per heavy atom. The summed E-state index contributed by atoms with van der Waals surface area (Å²) in [7, 11) is 0. The molecule has 6 nitrogen and oxygen atoms in total. The van der Waals surface area contributed by atoms with Gasteiger partial charge < -0.3 is 24.8 Å². The average molecular weight is 405 g/mol. The maximum atomic E-state index is 13.1. The van der Waals surface area contributed by atoms with E-state index in [0.717, 1.165) is 35.7 Å². The first-order valence-corrected chi connectivity index (χ1v) is 9.28. The average Bonchev–Trinajstić information content (AvgIpc) is 3.16. The van der Waals surface area contributed by atoms with Gasteiger partial charge in [-0.15, -0.1) is 12.4 Å². The molecule has 7 heteroatoms. The molecule has 2 aromatic carbocycles. The number of rotatable bonds is 5. The molecular formula is C21H25ClN2O4. The van der Waals surface area contributed by atoms with E-state index >= 15 is 0 Å². The van der Waals surface area contributed by atoms with Crippen molar-refractivity contribution >= 4 is 18.3 Å². The highest BCUT2D eigenvalue weighted by Gasteiger charge is 2.42. The molecule has 1 saturated heterocycles. The fourth-order valence-corrected chi connectivity index (χ4v) is 3.43. The highest BCUT2D eigenvalue weighted by atomic mass is 35.5. The van der Waals surface area contributed by atoms with Crippen molar-refractivity contribution in [3.8, 4) is 17.2 Å². The summed E-state index contributed by atoms with van der Waals surface area (Å²) in [5.74, 6) is 2.10. The SMILES string of the molecule is Cc1ccc(OC2(C(=O)NCc3ccc4c(c3)OCO4)CCNCC2)cc1.Cl. The standard InChI is InChI=1S/C21H24N2O4.ClH/c1-15-2-5-17(6-3-15)27-21(8-10-22-11-9-21)20(24)23-13-16-4-7-18-19(12-16)26-14-25-18;/h2-7,12,22H,8-11,13-14H2,1H3,(H,23,24);1H. The summed E-state index contributed by atoms with van der Waals surface area (Å²) < 4.78 is 17.0. The summed E-state index contributed by atoms with van der Waals surface area (Å²) in [6.45, 7) is 4.20. The number of piperidine rings is 1. The van der Waals surface area contributed by atoms with Gasteiger partial charge in [-0.1, -0.05) is 23.8 Å². The van der Waals surface area contributed by atoms with Gasteiger partial charge in [0.05, 0.1) is 0 Å². The number of carbonyl (C=O) groups is 1. The molecule has 0 aromatic heterocycles. The Balaban J connectivity index is 0.00000225. The van der Waals surface area contributed by atoms with Crippen LogP contribution in [0.4, 0.5) is 0 Å². The number of aryl methyl sites for hydroxylation is 1. The number of benzene rings is 2. The summed E-state index contributed by atoms with van der Waals surface area (Å²) in [6.07, 6.45) is 1.27. The normalized spacial score (nSPS) is 16.8. The third-order valence-corrected chi connectivity index (χ3v) is 5.05. The van der Waals surface area contributed by atoms with E-state index in [9.17, 15) is 4.79 Å². The van der Waals surface area contributed by atoms with Gasteiger partial charge in [-0.2, -0.15) is 0 Å². The van der Waals surface area contributed by atoms with Crippen molar-refractivity contribution in [2.24, 2.45) is 0 Å². The topological polar surface area (TPSA) is 68.8 Å². The van der Waals surface area contributed by atoms with Crippen molar-refractivity contribution in [2.45, 2.75) is 31.9 Å². The van der Waals surface area contributed by atoms with Crippen LogP contribution in [-0.4, -0.2) is 31.4 Å². The molecule has 0 bridgehead atoms. The molecule has 0 unspecified atom stereocenters. The Labute approximate surface area is 171 Å². The smallest absolute Gasteiger partial charge is 0.264 e. The predicted molar refractivity (Wildman–Crippen MR) is 108 cm³/mol. The summed E-state index contributed by atoms with van der Waals surface area (Å²) in [6, 6.07) is 13.5. The lowest BCUT2D eigenvalue weighted by Crippen LogP contribution is -2.56. The van der Waals surface area contributed by atoms with Gasteiger partial charge in [-0.25, -0.2) is 0 Å². The molecule has 0 aliphatic carbocycles. The molecule has 1 fully saturated rings. The molecule has 0 saturated carbocycles. The predicted octanol–water partition coefficient (Wildman–Crippen LogP) is 2.96. The molecule has 0 atom stereocenters. The van der Waals surface area contributed by atoms with Crippen LogP contribution in [0.1, 0.15) is 24.0 Å². The minimum Gasteiger partial charge on any atom is -0.477 e. The molecule has 0 radical (unpaired) electrons. The molecule has 2 aromatic rings. The maximum Gasteiger partial charge on any atom is 0.264 e. The third kappa shape index (κ3) is 4.34. The van der Waals surface area contributed by atoms with Gasteiger partial charge in [0, 0.05) is 19.4 Å². The number of ether oxygens (including phenoxy) is 3. The van der Waals surface area contributed by atoms with Gasteiger partial charge in [0.15, 0.2) is 17.1 Å². The number of hydrogen-bond acceptors (Lipinski definition) is 5. The van der Waals surface area contributed by atoms with Crippen LogP contribution >= 0.6 is 12.4 Å². The van der Waals surface area contributed by atoms with Crippen LogP contribution in [-0.2, 0) is 11.3 Å². The van der Waals surface area contributed by atoms with Crippen molar-refractivity contribution in [1.29, 1.82) is 0 Å². The third-order valence-electron chi connectivity index (χ3n) is 5.05. The lowest BCUT2D eigenvalue weighted by molar-refractivity contribution is -0.139. The van der Waals surface area contributed by atoms with Crippen LogP contribution < -0.4 is 24.8 Å². The first-order valence-electron chi connectivity index (χ1n) is 9.28. The number of amides is 1. The van der Waals surface area contributed by atoms with E-state index in [1.165, 1.54) is 0 Å². The first-order chi connectivity index (χ1) is 13.1. The molecule has 4 rings (SSSR count). The minimum atomic E-state index is -0.850. The van der Waals surface area contributed by atoms with Crippen molar-refractivity contribution in [1.82, 2.24) is 10.6 Å². The van der Waals surface area contributed by atoms with E-state index in [1.54, 1.807) is 0 Å². The molecule has 2 N–H and O–H groups in total. The highest BCUT2D eigenvalue weighted by molar-refractivity contribution is 5.86. The second-order valence-corrected chi connectivity index (χ2v) is 7.03. The highest BCUT2D eigenvalue weighted by Crippen LogP contribution is 2.32. The van der Waals surface area contributed by atoms with Crippen molar-refractivity contribution in [3.63, 3.8) is 0 Å². The second kappa shape index (κ2) is 8.71. The lowest BCUT2D eigenvalue weighted by Gasteiger charge is -2.36. The monoisotopic (exact) mass is 404 g/mol. The first kappa shape index (κ1) is 20.3. The molecule has 2 aliphatic heterocycles. The molecule has 2 aliphatic rings. The summed E-state index contributed by atoms with van der Waals surface area (Å²) in [5.41, 5.74) is 1.28. The van der Waals surface area contributed by atoms with Crippen molar-refractivity contribution in [3.05, 3.63) is 53.6 Å². The van der Waals surface area contributed by atoms with E-state index in [-0.39, 0.29) is 25.1 Å². The largest absolute Gasteiger partial charge is 0.477 e. The lowest BCUT2D eigenvalue weighted by atomic mass is 9.90. The molecule has 1 amide bonds.